The quantitative estimate of drug-likeness (QED) is 0.495. The van der Waals surface area contributed by atoms with E-state index in [9.17, 15) is 9.59 Å². The summed E-state index contributed by atoms with van der Waals surface area (Å²) in [6.07, 6.45) is 1.03. The Morgan fingerprint density at radius 2 is 1.92 bits per heavy atom. The predicted octanol–water partition coefficient (Wildman–Crippen LogP) is 1.39. The zero-order valence-corrected chi connectivity index (χ0v) is 6.69. The molecule has 0 N–H and O–H groups in total. The van der Waals surface area contributed by atoms with E-state index in [2.05, 4.69) is 0 Å². The summed E-state index contributed by atoms with van der Waals surface area (Å²) in [5.74, 6) is -0.0313. The molecule has 0 radical (unpaired) electrons. The van der Waals surface area contributed by atoms with Crippen molar-refractivity contribution in [3.05, 3.63) is 35.9 Å². The highest BCUT2D eigenvalue weighted by Gasteiger charge is 2.00. The molecule has 0 heterocycles. The van der Waals surface area contributed by atoms with Gasteiger partial charge in [0.2, 0.25) is 0 Å². The van der Waals surface area contributed by atoms with Gasteiger partial charge in [-0.05, 0) is 5.56 Å². The van der Waals surface area contributed by atoms with Crippen LogP contribution in [0.25, 0.3) is 0 Å². The van der Waals surface area contributed by atoms with Gasteiger partial charge in [0.1, 0.15) is 12.1 Å². The van der Waals surface area contributed by atoms with E-state index in [0.717, 1.165) is 5.56 Å². The molecule has 0 aliphatic heterocycles. The summed E-state index contributed by atoms with van der Waals surface area (Å²) in [5, 5.41) is 0. The van der Waals surface area contributed by atoms with Gasteiger partial charge in [-0.25, -0.2) is 0 Å². The van der Waals surface area contributed by atoms with Crippen molar-refractivity contribution in [3.63, 3.8) is 0 Å². The van der Waals surface area contributed by atoms with Gasteiger partial charge in [0.05, 0.1) is 6.42 Å². The minimum absolute atomic E-state index is 0.0227. The number of carbonyl (C=O) groups excluding carboxylic acids is 2. The SMILES string of the molecule is O=CCC(=O)Cc1ccccc1. The summed E-state index contributed by atoms with van der Waals surface area (Å²) in [5.41, 5.74) is 0.962. The lowest BCUT2D eigenvalue weighted by Gasteiger charge is -1.95. The monoisotopic (exact) mass is 162 g/mol. The van der Waals surface area contributed by atoms with Crippen LogP contribution in [-0.2, 0) is 16.0 Å². The van der Waals surface area contributed by atoms with Gasteiger partial charge in [0, 0.05) is 6.42 Å². The Balaban J connectivity index is 2.52. The molecule has 0 fully saturated rings. The first kappa shape index (κ1) is 8.65. The predicted molar refractivity (Wildman–Crippen MR) is 45.8 cm³/mol. The molecule has 1 aromatic rings. The second-order valence-electron chi connectivity index (χ2n) is 2.57. The number of ketones is 1. The molecule has 2 nitrogen and oxygen atoms in total. The van der Waals surface area contributed by atoms with E-state index >= 15 is 0 Å². The molecule has 0 saturated heterocycles. The summed E-state index contributed by atoms with van der Waals surface area (Å²) in [6.45, 7) is 0. The van der Waals surface area contributed by atoms with E-state index in [0.29, 0.717) is 12.7 Å². The zero-order chi connectivity index (χ0) is 8.81. The van der Waals surface area contributed by atoms with Gasteiger partial charge in [-0.2, -0.15) is 0 Å². The van der Waals surface area contributed by atoms with Crippen LogP contribution < -0.4 is 0 Å². The zero-order valence-electron chi connectivity index (χ0n) is 6.69. The minimum Gasteiger partial charge on any atom is -0.303 e. The van der Waals surface area contributed by atoms with Crippen molar-refractivity contribution in [1.29, 1.82) is 0 Å². The molecule has 12 heavy (non-hydrogen) atoms. The van der Waals surface area contributed by atoms with Crippen molar-refractivity contribution in [3.8, 4) is 0 Å². The highest BCUT2D eigenvalue weighted by atomic mass is 16.1. The van der Waals surface area contributed by atoms with Crippen LogP contribution in [0.4, 0.5) is 0 Å². The van der Waals surface area contributed by atoms with Gasteiger partial charge in [0.25, 0.3) is 0 Å². The third-order valence-electron chi connectivity index (χ3n) is 1.56. The van der Waals surface area contributed by atoms with Crippen LogP contribution in [0.15, 0.2) is 30.3 Å². The maximum absolute atomic E-state index is 11.0. The Morgan fingerprint density at radius 1 is 1.25 bits per heavy atom. The van der Waals surface area contributed by atoms with Crippen molar-refractivity contribution in [2.45, 2.75) is 12.8 Å². The number of rotatable bonds is 4. The Labute approximate surface area is 71.2 Å². The maximum Gasteiger partial charge on any atom is 0.144 e. The normalized spacial score (nSPS) is 9.33. The van der Waals surface area contributed by atoms with E-state index in [4.69, 9.17) is 0 Å². The Bertz CT molecular complexity index is 264. The van der Waals surface area contributed by atoms with Crippen molar-refractivity contribution >= 4 is 12.1 Å². The third kappa shape index (κ3) is 2.66. The fraction of sp³-hybridized carbons (Fsp3) is 0.200. The molecular formula is C10H10O2. The van der Waals surface area contributed by atoms with Crippen LogP contribution in [0, 0.1) is 0 Å². The van der Waals surface area contributed by atoms with Crippen molar-refractivity contribution in [2.24, 2.45) is 0 Å². The number of hydrogen-bond donors (Lipinski definition) is 0. The first-order valence-electron chi connectivity index (χ1n) is 3.82. The summed E-state index contributed by atoms with van der Waals surface area (Å²) in [6, 6.07) is 9.41. The van der Waals surface area contributed by atoms with E-state index in [1.807, 2.05) is 30.3 Å². The second kappa shape index (κ2) is 4.44. The average molecular weight is 162 g/mol. The highest BCUT2D eigenvalue weighted by Crippen LogP contribution is 2.00. The molecule has 0 aromatic heterocycles. The number of benzene rings is 1. The van der Waals surface area contributed by atoms with E-state index in [1.165, 1.54) is 0 Å². The molecule has 0 saturated carbocycles. The largest absolute Gasteiger partial charge is 0.303 e. The molecule has 0 atom stereocenters. The lowest BCUT2D eigenvalue weighted by atomic mass is 10.1. The van der Waals surface area contributed by atoms with E-state index < -0.39 is 0 Å². The van der Waals surface area contributed by atoms with Crippen LogP contribution in [-0.4, -0.2) is 12.1 Å². The lowest BCUT2D eigenvalue weighted by Crippen LogP contribution is -2.02. The van der Waals surface area contributed by atoms with Crippen LogP contribution >= 0.6 is 0 Å². The lowest BCUT2D eigenvalue weighted by molar-refractivity contribution is -0.121. The Morgan fingerprint density at radius 3 is 2.50 bits per heavy atom. The summed E-state index contributed by atoms with van der Waals surface area (Å²) < 4.78 is 0. The topological polar surface area (TPSA) is 34.1 Å². The fourth-order valence-electron chi connectivity index (χ4n) is 0.989. The number of hydrogen-bond acceptors (Lipinski definition) is 2. The number of aldehydes is 1. The van der Waals surface area contributed by atoms with Gasteiger partial charge in [0.15, 0.2) is 0 Å². The number of Topliss-reactive ketones (excluding diaryl/α,β-unsaturated/α-hetero) is 1. The second-order valence-corrected chi connectivity index (χ2v) is 2.57. The molecule has 1 aromatic carbocycles. The van der Waals surface area contributed by atoms with Gasteiger partial charge in [-0.1, -0.05) is 30.3 Å². The average Bonchev–Trinajstić information content (AvgIpc) is 2.06. The van der Waals surface area contributed by atoms with Gasteiger partial charge >= 0.3 is 0 Å². The summed E-state index contributed by atoms with van der Waals surface area (Å²) in [7, 11) is 0. The van der Waals surface area contributed by atoms with Crippen LogP contribution in [0.3, 0.4) is 0 Å². The molecule has 2 heteroatoms. The molecule has 0 spiro atoms. The van der Waals surface area contributed by atoms with Gasteiger partial charge < -0.3 is 4.79 Å². The molecule has 0 amide bonds. The van der Waals surface area contributed by atoms with Crippen LogP contribution in [0.2, 0.25) is 0 Å². The smallest absolute Gasteiger partial charge is 0.144 e. The first-order chi connectivity index (χ1) is 5.83. The molecule has 0 unspecified atom stereocenters. The van der Waals surface area contributed by atoms with Crippen LogP contribution in [0.1, 0.15) is 12.0 Å². The molecular weight excluding hydrogens is 152 g/mol. The maximum atomic E-state index is 11.0. The van der Waals surface area contributed by atoms with Crippen molar-refractivity contribution in [2.75, 3.05) is 0 Å². The first-order valence-corrected chi connectivity index (χ1v) is 3.82. The fourth-order valence-corrected chi connectivity index (χ4v) is 0.989. The molecule has 62 valence electrons. The molecule has 0 aliphatic rings. The standard InChI is InChI=1S/C10H10O2/c11-7-6-10(12)8-9-4-2-1-3-5-9/h1-5,7H,6,8H2. The Kier molecular flexibility index (Phi) is 3.20. The molecule has 0 aliphatic carbocycles. The summed E-state index contributed by atoms with van der Waals surface area (Å²) in [4.78, 5) is 21.0. The van der Waals surface area contributed by atoms with E-state index in [1.54, 1.807) is 0 Å². The highest BCUT2D eigenvalue weighted by molar-refractivity contribution is 5.91. The van der Waals surface area contributed by atoms with E-state index in [-0.39, 0.29) is 12.2 Å². The third-order valence-corrected chi connectivity index (χ3v) is 1.56. The molecule has 0 bridgehead atoms. The van der Waals surface area contributed by atoms with Crippen molar-refractivity contribution in [1.82, 2.24) is 0 Å². The number of carbonyl (C=O) groups is 2. The van der Waals surface area contributed by atoms with Gasteiger partial charge in [-0.3, -0.25) is 4.79 Å². The summed E-state index contributed by atoms with van der Waals surface area (Å²) >= 11 is 0. The van der Waals surface area contributed by atoms with Crippen LogP contribution in [0.5, 0.6) is 0 Å². The molecule has 1 rings (SSSR count). The Hall–Kier alpha value is -1.44. The van der Waals surface area contributed by atoms with Crippen molar-refractivity contribution < 1.29 is 9.59 Å². The van der Waals surface area contributed by atoms with Gasteiger partial charge in [-0.15, -0.1) is 0 Å². The minimum atomic E-state index is -0.0313.